The minimum atomic E-state index is -1.94. The number of rotatable bonds is 5. The van der Waals surface area contributed by atoms with E-state index in [0.29, 0.717) is 11.1 Å². The highest BCUT2D eigenvalue weighted by Crippen LogP contribution is 2.34. The van der Waals surface area contributed by atoms with Crippen molar-refractivity contribution >= 4 is 40.0 Å². The number of aromatic hydroxyl groups is 1. The molecule has 0 saturated heterocycles. The van der Waals surface area contributed by atoms with Gasteiger partial charge in [-0.3, -0.25) is 10.1 Å². The van der Waals surface area contributed by atoms with Gasteiger partial charge in [-0.15, -0.1) is 0 Å². The van der Waals surface area contributed by atoms with E-state index in [4.69, 9.17) is 16.6 Å². The predicted molar refractivity (Wildman–Crippen MR) is 127 cm³/mol. The summed E-state index contributed by atoms with van der Waals surface area (Å²) in [6.45, 7) is 2.00. The molecule has 0 spiro atoms. The highest BCUT2D eigenvalue weighted by atomic mass is 32.1. The van der Waals surface area contributed by atoms with Crippen LogP contribution in [0, 0.1) is 23.3 Å². The van der Waals surface area contributed by atoms with Crippen molar-refractivity contribution in [3.05, 3.63) is 70.8 Å². The predicted octanol–water partition coefficient (Wildman–Crippen LogP) is 5.45. The first-order valence-electron chi connectivity index (χ1n) is 10.4. The molecule has 0 aliphatic heterocycles. The van der Waals surface area contributed by atoms with E-state index in [2.05, 4.69) is 15.0 Å². The fourth-order valence-corrected chi connectivity index (χ4v) is 3.62. The molecule has 1 amide bonds. The molecule has 0 radical (unpaired) electrons. The number of aryl methyl sites for hydroxylation is 1. The Kier molecular flexibility index (Phi) is 6.80. The summed E-state index contributed by atoms with van der Waals surface area (Å²) in [4.78, 5) is 16.7. The van der Waals surface area contributed by atoms with Gasteiger partial charge >= 0.3 is 0 Å². The number of carbonyl (C=O) groups excluding carboxylic acids is 1. The van der Waals surface area contributed by atoms with E-state index in [1.807, 2.05) is 24.4 Å². The number of anilines is 1. The van der Waals surface area contributed by atoms with Crippen LogP contribution in [0.2, 0.25) is 0 Å². The number of nitrogens with one attached hydrogen (secondary N) is 2. The van der Waals surface area contributed by atoms with E-state index < -0.39 is 45.6 Å². The summed E-state index contributed by atoms with van der Waals surface area (Å²) in [7, 11) is 0.814. The summed E-state index contributed by atoms with van der Waals surface area (Å²) in [6.07, 6.45) is 0.801. The van der Waals surface area contributed by atoms with Gasteiger partial charge in [0.1, 0.15) is 16.8 Å². The standard InChI is InChI=1S/C24H17F4N3O4S/c1-3-10-4-7-15-13(8-10)30-23(35-15)12-9-11(5-6-14(12)32)29-24(36)31-22(33)16-17(25)19(27)21(34-2)20(28)18(16)26/h4-9,32H,3H2,1-2H3,(H2,29,31,33,36). The third-order valence-electron chi connectivity index (χ3n) is 5.23. The Morgan fingerprint density at radius 2 is 1.78 bits per heavy atom. The second-order valence-electron chi connectivity index (χ2n) is 7.48. The lowest BCUT2D eigenvalue weighted by Gasteiger charge is -2.13. The molecule has 0 saturated carbocycles. The molecule has 0 aliphatic carbocycles. The molecule has 0 unspecified atom stereocenters. The van der Waals surface area contributed by atoms with Crippen molar-refractivity contribution in [2.45, 2.75) is 13.3 Å². The largest absolute Gasteiger partial charge is 0.507 e. The maximum atomic E-state index is 14.2. The van der Waals surface area contributed by atoms with Crippen molar-refractivity contribution in [3.8, 4) is 23.0 Å². The van der Waals surface area contributed by atoms with Crippen LogP contribution in [-0.2, 0) is 6.42 Å². The minimum Gasteiger partial charge on any atom is -0.507 e. The molecule has 4 rings (SSSR count). The van der Waals surface area contributed by atoms with E-state index in [0.717, 1.165) is 19.1 Å². The highest BCUT2D eigenvalue weighted by Gasteiger charge is 2.30. The Labute approximate surface area is 206 Å². The van der Waals surface area contributed by atoms with E-state index in [1.165, 1.54) is 18.2 Å². The second-order valence-corrected chi connectivity index (χ2v) is 7.89. The van der Waals surface area contributed by atoms with Gasteiger partial charge in [0.25, 0.3) is 5.91 Å². The molecule has 12 heteroatoms. The van der Waals surface area contributed by atoms with Crippen LogP contribution in [0.5, 0.6) is 11.5 Å². The average Bonchev–Trinajstić information content (AvgIpc) is 3.27. The maximum Gasteiger partial charge on any atom is 0.263 e. The van der Waals surface area contributed by atoms with Gasteiger partial charge in [-0.25, -0.2) is 13.8 Å². The van der Waals surface area contributed by atoms with Crippen molar-refractivity contribution in [3.63, 3.8) is 0 Å². The number of fused-ring (bicyclic) bond motifs is 1. The van der Waals surface area contributed by atoms with E-state index in [-0.39, 0.29) is 22.9 Å². The molecule has 7 nitrogen and oxygen atoms in total. The van der Waals surface area contributed by atoms with E-state index in [9.17, 15) is 27.5 Å². The monoisotopic (exact) mass is 519 g/mol. The topological polar surface area (TPSA) is 96.6 Å². The molecular formula is C24H17F4N3O4S. The van der Waals surface area contributed by atoms with Crippen LogP contribution in [0.1, 0.15) is 22.8 Å². The number of ether oxygens (including phenoxy) is 1. The lowest BCUT2D eigenvalue weighted by Crippen LogP contribution is -2.35. The van der Waals surface area contributed by atoms with Crippen molar-refractivity contribution in [2.75, 3.05) is 12.4 Å². The average molecular weight is 519 g/mol. The van der Waals surface area contributed by atoms with Crippen LogP contribution >= 0.6 is 12.2 Å². The van der Waals surface area contributed by atoms with Gasteiger partial charge in [-0.05, 0) is 54.5 Å². The number of hydrogen-bond acceptors (Lipinski definition) is 6. The lowest BCUT2D eigenvalue weighted by atomic mass is 10.1. The number of methoxy groups -OCH3 is 1. The summed E-state index contributed by atoms with van der Waals surface area (Å²) in [5, 5.41) is 14.4. The Morgan fingerprint density at radius 1 is 1.08 bits per heavy atom. The summed E-state index contributed by atoms with van der Waals surface area (Å²) in [6, 6.07) is 9.62. The summed E-state index contributed by atoms with van der Waals surface area (Å²) < 4.78 is 66.3. The van der Waals surface area contributed by atoms with Crippen molar-refractivity contribution < 1.29 is 36.6 Å². The molecular weight excluding hydrogens is 502 g/mol. The molecule has 0 aliphatic rings. The zero-order chi connectivity index (χ0) is 26.1. The number of nitrogens with zero attached hydrogens (tertiary/aromatic N) is 1. The first-order valence-corrected chi connectivity index (χ1v) is 10.8. The number of carbonyl (C=O) groups is 1. The number of thiocarbonyl (C=S) groups is 1. The van der Waals surface area contributed by atoms with Crippen LogP contribution < -0.4 is 15.4 Å². The zero-order valence-corrected chi connectivity index (χ0v) is 19.5. The summed E-state index contributed by atoms with van der Waals surface area (Å²) >= 11 is 4.98. The zero-order valence-electron chi connectivity index (χ0n) is 18.7. The molecule has 1 aromatic heterocycles. The van der Waals surface area contributed by atoms with Gasteiger partial charge in [-0.1, -0.05) is 13.0 Å². The van der Waals surface area contributed by atoms with Crippen LogP contribution in [0.4, 0.5) is 23.2 Å². The van der Waals surface area contributed by atoms with Gasteiger partial charge < -0.3 is 19.6 Å². The van der Waals surface area contributed by atoms with Gasteiger partial charge in [0, 0.05) is 5.69 Å². The fraction of sp³-hybridized carbons (Fsp3) is 0.125. The quantitative estimate of drug-likeness (QED) is 0.140. The normalized spacial score (nSPS) is 10.9. The van der Waals surface area contributed by atoms with Gasteiger partial charge in [0.05, 0.1) is 12.7 Å². The van der Waals surface area contributed by atoms with Crippen LogP contribution in [0.15, 0.2) is 40.8 Å². The first-order chi connectivity index (χ1) is 17.1. The highest BCUT2D eigenvalue weighted by molar-refractivity contribution is 7.80. The first kappa shape index (κ1) is 24.9. The van der Waals surface area contributed by atoms with Crippen molar-refractivity contribution in [1.82, 2.24) is 10.3 Å². The molecule has 0 fully saturated rings. The molecule has 186 valence electrons. The molecule has 0 atom stereocenters. The Bertz CT molecular complexity index is 1490. The Morgan fingerprint density at radius 3 is 2.42 bits per heavy atom. The van der Waals surface area contributed by atoms with Gasteiger partial charge in [-0.2, -0.15) is 8.78 Å². The third-order valence-corrected chi connectivity index (χ3v) is 5.43. The number of hydrogen-bond donors (Lipinski definition) is 3. The SMILES string of the molecule is CCc1ccc2oc(-c3cc(NC(=S)NC(=O)c4c(F)c(F)c(OC)c(F)c4F)ccc3O)nc2c1. The summed E-state index contributed by atoms with van der Waals surface area (Å²) in [5.41, 5.74) is 1.06. The third kappa shape index (κ3) is 4.54. The Balaban J connectivity index is 1.56. The smallest absolute Gasteiger partial charge is 0.263 e. The number of benzene rings is 3. The van der Waals surface area contributed by atoms with Crippen molar-refractivity contribution in [2.24, 2.45) is 0 Å². The van der Waals surface area contributed by atoms with E-state index >= 15 is 0 Å². The Hall–Kier alpha value is -4.19. The van der Waals surface area contributed by atoms with Crippen molar-refractivity contribution in [1.29, 1.82) is 0 Å². The van der Waals surface area contributed by atoms with Crippen LogP contribution in [0.3, 0.4) is 0 Å². The fourth-order valence-electron chi connectivity index (χ4n) is 3.41. The molecule has 0 bridgehead atoms. The summed E-state index contributed by atoms with van der Waals surface area (Å²) in [5.74, 6) is -10.5. The van der Waals surface area contributed by atoms with Crippen LogP contribution in [-0.4, -0.2) is 28.2 Å². The minimum absolute atomic E-state index is 0.114. The van der Waals surface area contributed by atoms with Gasteiger partial charge in [0.2, 0.25) is 17.5 Å². The number of amides is 1. The number of oxazole rings is 1. The molecule has 3 N–H and O–H groups in total. The maximum absolute atomic E-state index is 14.2. The molecule has 4 aromatic rings. The van der Waals surface area contributed by atoms with Gasteiger partial charge in [0.15, 0.2) is 28.1 Å². The number of phenols is 1. The number of phenolic OH excluding ortho intramolecular Hbond substituents is 1. The number of halogens is 4. The molecule has 3 aromatic carbocycles. The second kappa shape index (κ2) is 9.82. The molecule has 36 heavy (non-hydrogen) atoms. The lowest BCUT2D eigenvalue weighted by molar-refractivity contribution is 0.0966. The van der Waals surface area contributed by atoms with E-state index in [1.54, 1.807) is 6.07 Å². The van der Waals surface area contributed by atoms with Crippen LogP contribution in [0.25, 0.3) is 22.6 Å². The molecule has 1 heterocycles. The number of aromatic nitrogens is 1.